The molecule has 1 atom stereocenters. The van der Waals surface area contributed by atoms with Crippen molar-refractivity contribution in [1.82, 2.24) is 4.90 Å². The van der Waals surface area contributed by atoms with Gasteiger partial charge in [-0.2, -0.15) is 0 Å². The van der Waals surface area contributed by atoms with E-state index in [1.54, 1.807) is 0 Å². The highest BCUT2D eigenvalue weighted by Gasteiger charge is 2.30. The summed E-state index contributed by atoms with van der Waals surface area (Å²) >= 11 is 0. The number of carboxylic acid groups (broad SMARTS) is 1. The molecule has 1 unspecified atom stereocenters. The van der Waals surface area contributed by atoms with Gasteiger partial charge in [-0.25, -0.2) is 0 Å². The zero-order valence-corrected chi connectivity index (χ0v) is 9.32. The Balaban J connectivity index is 1.89. The molecule has 1 heterocycles. The van der Waals surface area contributed by atoms with Crippen LogP contribution in [0.15, 0.2) is 0 Å². The van der Waals surface area contributed by atoms with Crippen LogP contribution in [0.2, 0.25) is 0 Å². The van der Waals surface area contributed by atoms with E-state index in [0.29, 0.717) is 0 Å². The highest BCUT2D eigenvalue weighted by Crippen LogP contribution is 2.28. The van der Waals surface area contributed by atoms with E-state index in [1.807, 2.05) is 0 Å². The van der Waals surface area contributed by atoms with Gasteiger partial charge < -0.3 is 5.11 Å². The minimum atomic E-state index is -0.618. The summed E-state index contributed by atoms with van der Waals surface area (Å²) < 4.78 is 0. The topological polar surface area (TPSA) is 40.5 Å². The lowest BCUT2D eigenvalue weighted by atomic mass is 9.99. The van der Waals surface area contributed by atoms with Crippen LogP contribution in [0.5, 0.6) is 0 Å². The predicted octanol–water partition coefficient (Wildman–Crippen LogP) is 2.12. The average Bonchev–Trinajstić information content (AvgIpc) is 2.71. The molecule has 0 amide bonds. The third-order valence-corrected chi connectivity index (χ3v) is 3.87. The smallest absolute Gasteiger partial charge is 0.320 e. The van der Waals surface area contributed by atoms with Crippen LogP contribution >= 0.6 is 0 Å². The third-order valence-electron chi connectivity index (χ3n) is 3.87. The molecule has 2 fully saturated rings. The van der Waals surface area contributed by atoms with E-state index in [4.69, 9.17) is 5.11 Å². The Bertz CT molecular complexity index is 224. The first-order valence-corrected chi connectivity index (χ1v) is 6.24. The SMILES string of the molecule is O=C(O)C1CCCCN1CC1CCCC1. The number of rotatable bonds is 3. The lowest BCUT2D eigenvalue weighted by Gasteiger charge is -2.34. The van der Waals surface area contributed by atoms with Crippen LogP contribution in [-0.4, -0.2) is 35.1 Å². The van der Waals surface area contributed by atoms with Gasteiger partial charge in [-0.1, -0.05) is 19.3 Å². The number of carboxylic acids is 1. The number of nitrogens with zero attached hydrogens (tertiary/aromatic N) is 1. The van der Waals surface area contributed by atoms with Crippen LogP contribution in [0.4, 0.5) is 0 Å². The molecule has 1 aliphatic heterocycles. The molecule has 0 radical (unpaired) electrons. The molecule has 1 saturated heterocycles. The highest BCUT2D eigenvalue weighted by molar-refractivity contribution is 5.73. The molecular weight excluding hydrogens is 190 g/mol. The summed E-state index contributed by atoms with van der Waals surface area (Å²) in [7, 11) is 0. The number of aliphatic carboxylic acids is 1. The highest BCUT2D eigenvalue weighted by atomic mass is 16.4. The number of hydrogen-bond donors (Lipinski definition) is 1. The van der Waals surface area contributed by atoms with Crippen molar-refractivity contribution in [3.8, 4) is 0 Å². The minimum absolute atomic E-state index is 0.195. The van der Waals surface area contributed by atoms with Crippen LogP contribution < -0.4 is 0 Å². The molecular formula is C12H21NO2. The number of piperidine rings is 1. The van der Waals surface area contributed by atoms with Gasteiger partial charge in [0.2, 0.25) is 0 Å². The van der Waals surface area contributed by atoms with Crippen molar-refractivity contribution in [2.24, 2.45) is 5.92 Å². The van der Waals surface area contributed by atoms with Crippen LogP contribution in [0.1, 0.15) is 44.9 Å². The molecule has 0 aromatic rings. The van der Waals surface area contributed by atoms with E-state index in [1.165, 1.54) is 32.1 Å². The Hall–Kier alpha value is -0.570. The van der Waals surface area contributed by atoms with Crippen LogP contribution in [0.25, 0.3) is 0 Å². The van der Waals surface area contributed by atoms with Gasteiger partial charge in [0.15, 0.2) is 0 Å². The van der Waals surface area contributed by atoms with Gasteiger partial charge in [0, 0.05) is 6.54 Å². The molecule has 15 heavy (non-hydrogen) atoms. The van der Waals surface area contributed by atoms with Crippen LogP contribution in [0.3, 0.4) is 0 Å². The second kappa shape index (κ2) is 4.97. The van der Waals surface area contributed by atoms with Crippen molar-refractivity contribution in [3.05, 3.63) is 0 Å². The predicted molar refractivity (Wildman–Crippen MR) is 58.8 cm³/mol. The minimum Gasteiger partial charge on any atom is -0.480 e. The van der Waals surface area contributed by atoms with Crippen LogP contribution in [-0.2, 0) is 4.79 Å². The van der Waals surface area contributed by atoms with E-state index in [0.717, 1.165) is 31.8 Å². The van der Waals surface area contributed by atoms with Gasteiger partial charge >= 0.3 is 5.97 Å². The number of likely N-dealkylation sites (tertiary alicyclic amines) is 1. The molecule has 2 aliphatic rings. The third kappa shape index (κ3) is 2.71. The van der Waals surface area contributed by atoms with E-state index >= 15 is 0 Å². The van der Waals surface area contributed by atoms with Crippen molar-refractivity contribution in [2.75, 3.05) is 13.1 Å². The Morgan fingerprint density at radius 3 is 2.47 bits per heavy atom. The molecule has 2 rings (SSSR count). The standard InChI is InChI=1S/C12H21NO2/c14-12(15)11-7-3-4-8-13(11)9-10-5-1-2-6-10/h10-11H,1-9H2,(H,14,15). The number of hydrogen-bond acceptors (Lipinski definition) is 2. The molecule has 0 aromatic heterocycles. The molecule has 1 N–H and O–H groups in total. The van der Waals surface area contributed by atoms with E-state index in [9.17, 15) is 4.79 Å². The fraction of sp³-hybridized carbons (Fsp3) is 0.917. The Morgan fingerprint density at radius 1 is 1.13 bits per heavy atom. The van der Waals surface area contributed by atoms with Crippen molar-refractivity contribution in [1.29, 1.82) is 0 Å². The maximum Gasteiger partial charge on any atom is 0.320 e. The Labute approximate surface area is 91.5 Å². The molecule has 3 heteroatoms. The normalized spacial score (nSPS) is 29.5. The summed E-state index contributed by atoms with van der Waals surface area (Å²) in [6.45, 7) is 2.02. The molecule has 1 aliphatic carbocycles. The number of carbonyl (C=O) groups is 1. The average molecular weight is 211 g/mol. The molecule has 0 spiro atoms. The Kier molecular flexibility index (Phi) is 3.62. The van der Waals surface area contributed by atoms with E-state index in [-0.39, 0.29) is 6.04 Å². The summed E-state index contributed by atoms with van der Waals surface area (Å²) in [5, 5.41) is 9.14. The first-order valence-electron chi connectivity index (χ1n) is 6.24. The van der Waals surface area contributed by atoms with Crippen molar-refractivity contribution >= 4 is 5.97 Å². The lowest BCUT2D eigenvalue weighted by Crippen LogP contribution is -2.46. The van der Waals surface area contributed by atoms with Crippen LogP contribution in [0, 0.1) is 5.92 Å². The summed E-state index contributed by atoms with van der Waals surface area (Å²) in [6, 6.07) is -0.195. The first-order chi connectivity index (χ1) is 7.27. The van der Waals surface area contributed by atoms with Gasteiger partial charge in [0.05, 0.1) is 0 Å². The van der Waals surface area contributed by atoms with Gasteiger partial charge in [0.1, 0.15) is 6.04 Å². The van der Waals surface area contributed by atoms with E-state index in [2.05, 4.69) is 4.90 Å². The van der Waals surface area contributed by atoms with Gasteiger partial charge in [-0.3, -0.25) is 9.69 Å². The zero-order valence-electron chi connectivity index (χ0n) is 9.32. The van der Waals surface area contributed by atoms with Gasteiger partial charge in [-0.15, -0.1) is 0 Å². The molecule has 3 nitrogen and oxygen atoms in total. The van der Waals surface area contributed by atoms with Gasteiger partial charge in [0.25, 0.3) is 0 Å². The quantitative estimate of drug-likeness (QED) is 0.777. The first kappa shape index (κ1) is 10.9. The van der Waals surface area contributed by atoms with Crippen molar-refractivity contribution < 1.29 is 9.90 Å². The lowest BCUT2D eigenvalue weighted by molar-refractivity contribution is -0.144. The van der Waals surface area contributed by atoms with Crippen molar-refractivity contribution in [2.45, 2.75) is 51.0 Å². The van der Waals surface area contributed by atoms with Gasteiger partial charge in [-0.05, 0) is 38.1 Å². The van der Waals surface area contributed by atoms with E-state index < -0.39 is 5.97 Å². The fourth-order valence-corrected chi connectivity index (χ4v) is 3.01. The molecule has 0 aromatic carbocycles. The Morgan fingerprint density at radius 2 is 1.80 bits per heavy atom. The summed E-state index contributed by atoms with van der Waals surface area (Å²) in [4.78, 5) is 13.3. The molecule has 86 valence electrons. The monoisotopic (exact) mass is 211 g/mol. The summed E-state index contributed by atoms with van der Waals surface area (Å²) in [5.74, 6) is 0.151. The maximum atomic E-state index is 11.1. The largest absolute Gasteiger partial charge is 0.480 e. The summed E-state index contributed by atoms with van der Waals surface area (Å²) in [6.07, 6.45) is 8.41. The maximum absolute atomic E-state index is 11.1. The molecule has 1 saturated carbocycles. The zero-order chi connectivity index (χ0) is 10.7. The van der Waals surface area contributed by atoms with Crippen molar-refractivity contribution in [3.63, 3.8) is 0 Å². The summed E-state index contributed by atoms with van der Waals surface area (Å²) in [5.41, 5.74) is 0. The molecule has 0 bridgehead atoms. The second-order valence-electron chi connectivity index (χ2n) is 5.00. The second-order valence-corrected chi connectivity index (χ2v) is 5.00. The fourth-order valence-electron chi connectivity index (χ4n) is 3.01.